The first-order valence-electron chi connectivity index (χ1n) is 7.42. The average Bonchev–Trinajstić information content (AvgIpc) is 3.28. The number of fused-ring (bicyclic) bond motifs is 1. The van der Waals surface area contributed by atoms with Crippen molar-refractivity contribution in [3.63, 3.8) is 0 Å². The lowest BCUT2D eigenvalue weighted by Crippen LogP contribution is -2.44. The molecular weight excluding hydrogens is 332 g/mol. The minimum Gasteiger partial charge on any atom is -0.394 e. The van der Waals surface area contributed by atoms with Crippen molar-refractivity contribution in [1.82, 2.24) is 19.5 Å². The Kier molecular flexibility index (Phi) is 3.62. The molecular formula is C15H16N4O4S. The van der Waals surface area contributed by atoms with Gasteiger partial charge in [-0.15, -0.1) is 11.3 Å². The number of aromatic nitrogens is 4. The highest BCUT2D eigenvalue weighted by molar-refractivity contribution is 7.13. The van der Waals surface area contributed by atoms with Crippen LogP contribution in [-0.2, 0) is 4.74 Å². The molecule has 1 aliphatic rings. The van der Waals surface area contributed by atoms with Gasteiger partial charge in [0.05, 0.1) is 17.8 Å². The highest BCUT2D eigenvalue weighted by Gasteiger charge is 2.53. The van der Waals surface area contributed by atoms with Crippen LogP contribution < -0.4 is 0 Å². The summed E-state index contributed by atoms with van der Waals surface area (Å²) in [6.07, 6.45) is -0.0771. The van der Waals surface area contributed by atoms with E-state index in [1.54, 1.807) is 15.9 Å². The molecule has 126 valence electrons. The zero-order chi connectivity index (χ0) is 16.9. The Bertz CT molecular complexity index is 864. The van der Waals surface area contributed by atoms with Gasteiger partial charge in [-0.05, 0) is 18.4 Å². The topological polar surface area (TPSA) is 114 Å². The molecule has 3 N–H and O–H groups in total. The standard InChI is InChI=1S/C15H16N4O4S/c1-15(22)12(21)8(5-20)23-14(15)19-7-18-11-10(9-3-2-4-24-9)16-6-17-13(11)19/h2-4,6-8,12,14,20-22H,5H2,1H3/t8-,12-,14-,15-/m1/s1. The second-order valence-electron chi connectivity index (χ2n) is 5.90. The van der Waals surface area contributed by atoms with Gasteiger partial charge in [0.2, 0.25) is 0 Å². The summed E-state index contributed by atoms with van der Waals surface area (Å²) in [4.78, 5) is 13.9. The molecule has 3 aromatic rings. The van der Waals surface area contributed by atoms with Crippen molar-refractivity contribution < 1.29 is 20.1 Å². The van der Waals surface area contributed by atoms with Crippen LogP contribution in [0.25, 0.3) is 21.7 Å². The van der Waals surface area contributed by atoms with E-state index in [4.69, 9.17) is 4.74 Å². The van der Waals surface area contributed by atoms with E-state index in [9.17, 15) is 15.3 Å². The molecule has 1 saturated heterocycles. The van der Waals surface area contributed by atoms with Crippen LogP contribution in [0, 0.1) is 0 Å². The predicted octanol–water partition coefficient (Wildman–Crippen LogP) is 0.556. The Labute approximate surface area is 141 Å². The van der Waals surface area contributed by atoms with Crippen molar-refractivity contribution in [2.75, 3.05) is 6.61 Å². The van der Waals surface area contributed by atoms with Gasteiger partial charge < -0.3 is 20.1 Å². The van der Waals surface area contributed by atoms with Crippen LogP contribution in [0.4, 0.5) is 0 Å². The molecule has 4 heterocycles. The van der Waals surface area contributed by atoms with E-state index in [0.717, 1.165) is 4.88 Å². The number of ether oxygens (including phenoxy) is 1. The van der Waals surface area contributed by atoms with Gasteiger partial charge in [-0.2, -0.15) is 0 Å². The number of aliphatic hydroxyl groups excluding tert-OH is 2. The zero-order valence-corrected chi connectivity index (χ0v) is 13.6. The summed E-state index contributed by atoms with van der Waals surface area (Å²) in [6.45, 7) is 1.07. The largest absolute Gasteiger partial charge is 0.394 e. The Morgan fingerprint density at radius 3 is 2.88 bits per heavy atom. The van der Waals surface area contributed by atoms with E-state index in [1.807, 2.05) is 17.5 Å². The number of aliphatic hydroxyl groups is 3. The fraction of sp³-hybridized carbons (Fsp3) is 0.400. The van der Waals surface area contributed by atoms with Crippen LogP contribution in [0.3, 0.4) is 0 Å². The molecule has 8 nitrogen and oxygen atoms in total. The number of nitrogens with zero attached hydrogens (tertiary/aromatic N) is 4. The van der Waals surface area contributed by atoms with E-state index >= 15 is 0 Å². The minimum atomic E-state index is -1.59. The summed E-state index contributed by atoms with van der Waals surface area (Å²) < 4.78 is 7.20. The van der Waals surface area contributed by atoms with Gasteiger partial charge in [0, 0.05) is 0 Å². The molecule has 0 saturated carbocycles. The molecule has 9 heteroatoms. The number of hydrogen-bond donors (Lipinski definition) is 3. The van der Waals surface area contributed by atoms with E-state index in [0.29, 0.717) is 16.9 Å². The molecule has 0 bridgehead atoms. The quantitative estimate of drug-likeness (QED) is 0.633. The minimum absolute atomic E-state index is 0.393. The van der Waals surface area contributed by atoms with Crippen molar-refractivity contribution >= 4 is 22.5 Å². The van der Waals surface area contributed by atoms with Crippen molar-refractivity contribution in [2.45, 2.75) is 31.0 Å². The highest BCUT2D eigenvalue weighted by atomic mass is 32.1. The SMILES string of the molecule is C[C@@]1(O)[C@H](O)[C@@H](CO)O[C@H]1n1cnc2c(-c3cccs3)ncnc21. The lowest BCUT2D eigenvalue weighted by molar-refractivity contribution is -0.0950. The second-order valence-corrected chi connectivity index (χ2v) is 6.85. The lowest BCUT2D eigenvalue weighted by atomic mass is 9.96. The van der Waals surface area contributed by atoms with E-state index in [2.05, 4.69) is 15.0 Å². The van der Waals surface area contributed by atoms with Crippen LogP contribution in [0.15, 0.2) is 30.2 Å². The molecule has 0 amide bonds. The highest BCUT2D eigenvalue weighted by Crippen LogP contribution is 2.40. The fourth-order valence-corrected chi connectivity index (χ4v) is 3.73. The smallest absolute Gasteiger partial charge is 0.168 e. The normalized spacial score (nSPS) is 30.2. The number of hydrogen-bond acceptors (Lipinski definition) is 8. The van der Waals surface area contributed by atoms with Crippen LogP contribution in [0.1, 0.15) is 13.2 Å². The summed E-state index contributed by atoms with van der Waals surface area (Å²) >= 11 is 1.54. The lowest BCUT2D eigenvalue weighted by Gasteiger charge is -2.27. The van der Waals surface area contributed by atoms with Gasteiger partial charge >= 0.3 is 0 Å². The van der Waals surface area contributed by atoms with Crippen LogP contribution >= 0.6 is 11.3 Å². The van der Waals surface area contributed by atoms with E-state index in [1.165, 1.54) is 19.6 Å². The Balaban J connectivity index is 1.83. The fourth-order valence-electron chi connectivity index (χ4n) is 3.01. The number of thiophene rings is 1. The monoisotopic (exact) mass is 348 g/mol. The van der Waals surface area contributed by atoms with Crippen molar-refractivity contribution in [2.24, 2.45) is 0 Å². The van der Waals surface area contributed by atoms with Gasteiger partial charge in [-0.1, -0.05) is 6.07 Å². The average molecular weight is 348 g/mol. The van der Waals surface area contributed by atoms with Gasteiger partial charge in [-0.3, -0.25) is 4.57 Å². The third-order valence-corrected chi connectivity index (χ3v) is 5.18. The predicted molar refractivity (Wildman–Crippen MR) is 86.3 cm³/mol. The van der Waals surface area contributed by atoms with Crippen molar-refractivity contribution in [3.05, 3.63) is 30.2 Å². The summed E-state index contributed by atoms with van der Waals surface area (Å²) in [5.74, 6) is 0. The van der Waals surface area contributed by atoms with E-state index in [-0.39, 0.29) is 0 Å². The van der Waals surface area contributed by atoms with Gasteiger partial charge in [0.25, 0.3) is 0 Å². The van der Waals surface area contributed by atoms with Gasteiger partial charge in [0.1, 0.15) is 35.3 Å². The molecule has 0 unspecified atom stereocenters. The maximum Gasteiger partial charge on any atom is 0.168 e. The molecule has 0 radical (unpaired) electrons. The van der Waals surface area contributed by atoms with Gasteiger partial charge in [0.15, 0.2) is 11.9 Å². The van der Waals surface area contributed by atoms with Crippen molar-refractivity contribution in [3.8, 4) is 10.6 Å². The Morgan fingerprint density at radius 2 is 2.21 bits per heavy atom. The molecule has 3 aromatic heterocycles. The third-order valence-electron chi connectivity index (χ3n) is 4.30. The number of imidazole rings is 1. The molecule has 4 rings (SSSR count). The first-order chi connectivity index (χ1) is 11.5. The molecule has 1 aliphatic heterocycles. The molecule has 0 spiro atoms. The summed E-state index contributed by atoms with van der Waals surface area (Å²) in [6, 6.07) is 3.87. The summed E-state index contributed by atoms with van der Waals surface area (Å²) in [5, 5.41) is 32.1. The first-order valence-corrected chi connectivity index (χ1v) is 8.30. The second kappa shape index (κ2) is 5.57. The number of rotatable bonds is 3. The molecule has 4 atom stereocenters. The summed E-state index contributed by atoms with van der Waals surface area (Å²) in [5.41, 5.74) is 0.186. The van der Waals surface area contributed by atoms with Crippen LogP contribution in [0.5, 0.6) is 0 Å². The zero-order valence-electron chi connectivity index (χ0n) is 12.8. The maximum absolute atomic E-state index is 10.6. The van der Waals surface area contributed by atoms with Crippen molar-refractivity contribution in [1.29, 1.82) is 0 Å². The Morgan fingerprint density at radius 1 is 1.38 bits per heavy atom. The molecule has 0 aromatic carbocycles. The van der Waals surface area contributed by atoms with Crippen LogP contribution in [0.2, 0.25) is 0 Å². The summed E-state index contributed by atoms with van der Waals surface area (Å²) in [7, 11) is 0. The molecule has 1 fully saturated rings. The third kappa shape index (κ3) is 2.17. The van der Waals surface area contributed by atoms with Crippen LogP contribution in [-0.4, -0.2) is 59.3 Å². The molecule has 24 heavy (non-hydrogen) atoms. The first kappa shape index (κ1) is 15.6. The maximum atomic E-state index is 10.6. The Hall–Kier alpha value is -1.91. The van der Waals surface area contributed by atoms with Gasteiger partial charge in [-0.25, -0.2) is 15.0 Å². The molecule has 0 aliphatic carbocycles. The van der Waals surface area contributed by atoms with E-state index < -0.39 is 30.6 Å².